The summed E-state index contributed by atoms with van der Waals surface area (Å²) in [5, 5.41) is 0. The summed E-state index contributed by atoms with van der Waals surface area (Å²) < 4.78 is 24.6. The van der Waals surface area contributed by atoms with Gasteiger partial charge in [-0.2, -0.15) is 0 Å². The van der Waals surface area contributed by atoms with Crippen LogP contribution < -0.4 is 4.74 Å². The van der Waals surface area contributed by atoms with Crippen LogP contribution in [-0.2, 0) is 4.74 Å². The first-order valence-electron chi connectivity index (χ1n) is 10.3. The van der Waals surface area contributed by atoms with Crippen LogP contribution in [-0.4, -0.2) is 13.1 Å². The van der Waals surface area contributed by atoms with E-state index in [0.717, 1.165) is 29.7 Å². The van der Waals surface area contributed by atoms with Crippen molar-refractivity contribution in [3.05, 3.63) is 59.4 Å². The van der Waals surface area contributed by atoms with Gasteiger partial charge in [0.25, 0.3) is 0 Å². The van der Waals surface area contributed by atoms with Gasteiger partial charge in [-0.1, -0.05) is 12.1 Å². The topological polar surface area (TPSA) is 35.5 Å². The number of methoxy groups -OCH3 is 1. The Bertz CT molecular complexity index is 861. The molecule has 4 bridgehead atoms. The molecule has 0 aromatic heterocycles. The molecule has 0 aliphatic heterocycles. The zero-order valence-corrected chi connectivity index (χ0v) is 16.1. The van der Waals surface area contributed by atoms with Gasteiger partial charge in [0.2, 0.25) is 0 Å². The lowest BCUT2D eigenvalue weighted by molar-refractivity contribution is -0.00279. The lowest BCUT2D eigenvalue weighted by Gasteiger charge is -2.54. The van der Waals surface area contributed by atoms with E-state index in [1.165, 1.54) is 56.9 Å². The van der Waals surface area contributed by atoms with E-state index in [4.69, 9.17) is 4.74 Å². The fraction of sp³-hybridized carbons (Fsp3) is 0.458. The van der Waals surface area contributed by atoms with E-state index in [9.17, 15) is 9.18 Å². The Balaban J connectivity index is 1.31. The van der Waals surface area contributed by atoms with Crippen molar-refractivity contribution < 1.29 is 18.7 Å². The Kier molecular flexibility index (Phi) is 4.37. The van der Waals surface area contributed by atoms with Crippen LogP contribution in [0.15, 0.2) is 42.5 Å². The second-order valence-electron chi connectivity index (χ2n) is 8.76. The number of rotatable bonds is 4. The zero-order valence-electron chi connectivity index (χ0n) is 16.1. The molecule has 2 aromatic carbocycles. The van der Waals surface area contributed by atoms with Crippen LogP contribution in [0.25, 0.3) is 0 Å². The number of benzene rings is 2. The molecule has 4 aliphatic carbocycles. The monoisotopic (exact) mass is 380 g/mol. The lowest BCUT2D eigenvalue weighted by Crippen LogP contribution is -2.43. The van der Waals surface area contributed by atoms with Crippen LogP contribution in [0, 0.1) is 29.5 Å². The Morgan fingerprint density at radius 2 is 1.57 bits per heavy atom. The Labute approximate surface area is 164 Å². The molecule has 3 nitrogen and oxygen atoms in total. The Morgan fingerprint density at radius 1 is 0.929 bits per heavy atom. The normalized spacial score (nSPS) is 30.3. The van der Waals surface area contributed by atoms with Gasteiger partial charge in [-0.25, -0.2) is 9.18 Å². The van der Waals surface area contributed by atoms with Crippen molar-refractivity contribution in [1.29, 1.82) is 0 Å². The number of hydrogen-bond donors (Lipinski definition) is 0. The van der Waals surface area contributed by atoms with Crippen molar-refractivity contribution in [3.8, 4) is 11.5 Å². The maximum Gasteiger partial charge on any atom is 0.337 e. The minimum Gasteiger partial charge on any atom is -0.465 e. The van der Waals surface area contributed by atoms with Gasteiger partial charge in [0.05, 0.1) is 12.7 Å². The maximum absolute atomic E-state index is 14.3. The summed E-state index contributed by atoms with van der Waals surface area (Å²) in [6, 6.07) is 12.3. The van der Waals surface area contributed by atoms with Gasteiger partial charge < -0.3 is 9.47 Å². The van der Waals surface area contributed by atoms with E-state index in [2.05, 4.69) is 16.9 Å². The van der Waals surface area contributed by atoms with Crippen molar-refractivity contribution in [1.82, 2.24) is 0 Å². The van der Waals surface area contributed by atoms with Gasteiger partial charge >= 0.3 is 5.97 Å². The van der Waals surface area contributed by atoms with E-state index < -0.39 is 11.8 Å². The molecule has 0 spiro atoms. The number of esters is 1. The highest BCUT2D eigenvalue weighted by Crippen LogP contribution is 2.59. The van der Waals surface area contributed by atoms with E-state index in [-0.39, 0.29) is 11.3 Å². The molecular formula is C24H25FO3. The van der Waals surface area contributed by atoms with Crippen LogP contribution in [0.2, 0.25) is 0 Å². The average molecular weight is 380 g/mol. The highest BCUT2D eigenvalue weighted by atomic mass is 19.1. The second kappa shape index (κ2) is 6.91. The lowest BCUT2D eigenvalue weighted by atomic mass is 9.51. The maximum atomic E-state index is 14.3. The molecule has 4 fully saturated rings. The highest BCUT2D eigenvalue weighted by Gasteiger charge is 2.48. The largest absolute Gasteiger partial charge is 0.465 e. The predicted octanol–water partition coefficient (Wildman–Crippen LogP) is 5.94. The van der Waals surface area contributed by atoms with Crippen LogP contribution >= 0.6 is 0 Å². The molecule has 6 rings (SSSR count). The zero-order chi connectivity index (χ0) is 19.3. The van der Waals surface area contributed by atoms with E-state index in [1.807, 2.05) is 12.1 Å². The standard InChI is InChI=1S/C24H25FO3/c1-27-24(26)17-4-7-22(21(25)13-17)28-20-5-2-16(3-6-20)23-18-9-14-8-15(11-18)12-19(23)10-14/h2-7,13-15,18-19,23H,8-12H2,1H3/t14-,15+,18-,19+,23?. The molecule has 0 radical (unpaired) electrons. The molecular weight excluding hydrogens is 355 g/mol. The molecule has 0 N–H and O–H groups in total. The molecule has 4 saturated carbocycles. The molecule has 28 heavy (non-hydrogen) atoms. The van der Waals surface area contributed by atoms with E-state index in [0.29, 0.717) is 11.7 Å². The quantitative estimate of drug-likeness (QED) is 0.615. The van der Waals surface area contributed by atoms with Crippen molar-refractivity contribution in [2.45, 2.75) is 38.0 Å². The molecule has 0 amide bonds. The van der Waals surface area contributed by atoms with Crippen LogP contribution in [0.5, 0.6) is 11.5 Å². The van der Waals surface area contributed by atoms with Crippen molar-refractivity contribution in [2.75, 3.05) is 7.11 Å². The van der Waals surface area contributed by atoms with Crippen LogP contribution in [0.4, 0.5) is 4.39 Å². The first kappa shape index (κ1) is 17.7. The van der Waals surface area contributed by atoms with E-state index in [1.54, 1.807) is 0 Å². The molecule has 0 saturated heterocycles. The van der Waals surface area contributed by atoms with Crippen molar-refractivity contribution in [2.24, 2.45) is 23.7 Å². The molecule has 4 aliphatic rings. The Hall–Kier alpha value is -2.36. The third-order valence-electron chi connectivity index (χ3n) is 7.07. The number of carbonyl (C=O) groups excluding carboxylic acids is 1. The van der Waals surface area contributed by atoms with Gasteiger partial charge in [-0.05, 0) is 97.6 Å². The van der Waals surface area contributed by atoms with Gasteiger partial charge in [0.1, 0.15) is 5.75 Å². The number of halogens is 1. The first-order valence-corrected chi connectivity index (χ1v) is 10.3. The number of carbonyl (C=O) groups is 1. The number of hydrogen-bond acceptors (Lipinski definition) is 3. The smallest absolute Gasteiger partial charge is 0.337 e. The number of ether oxygens (including phenoxy) is 2. The fourth-order valence-corrected chi connectivity index (χ4v) is 6.18. The fourth-order valence-electron chi connectivity index (χ4n) is 6.18. The molecule has 4 heteroatoms. The molecule has 0 unspecified atom stereocenters. The molecule has 0 atom stereocenters. The third kappa shape index (κ3) is 3.09. The summed E-state index contributed by atoms with van der Waals surface area (Å²) in [4.78, 5) is 11.5. The Morgan fingerprint density at radius 3 is 2.14 bits per heavy atom. The first-order chi connectivity index (χ1) is 13.6. The van der Waals surface area contributed by atoms with Crippen LogP contribution in [0.1, 0.15) is 53.9 Å². The SMILES string of the molecule is COC(=O)c1ccc(Oc2ccc(C3[C@H]4C[C@@H]5C[C@@H](C[C@H]3C5)C4)cc2)c(F)c1. The summed E-state index contributed by atoms with van der Waals surface area (Å²) in [5.74, 6) is 3.87. The van der Waals surface area contributed by atoms with E-state index >= 15 is 0 Å². The van der Waals surface area contributed by atoms with Crippen LogP contribution in [0.3, 0.4) is 0 Å². The summed E-state index contributed by atoms with van der Waals surface area (Å²) in [5.41, 5.74) is 1.58. The van der Waals surface area contributed by atoms with Gasteiger partial charge in [-0.3, -0.25) is 0 Å². The molecule has 0 heterocycles. The van der Waals surface area contributed by atoms with Gasteiger partial charge in [0, 0.05) is 0 Å². The summed E-state index contributed by atoms with van der Waals surface area (Å²) in [6.45, 7) is 0. The molecule has 146 valence electrons. The minimum absolute atomic E-state index is 0.107. The summed E-state index contributed by atoms with van der Waals surface area (Å²) in [7, 11) is 1.27. The minimum atomic E-state index is -0.576. The molecule has 2 aromatic rings. The van der Waals surface area contributed by atoms with Crippen molar-refractivity contribution >= 4 is 5.97 Å². The summed E-state index contributed by atoms with van der Waals surface area (Å²) in [6.07, 6.45) is 7.05. The predicted molar refractivity (Wildman–Crippen MR) is 104 cm³/mol. The van der Waals surface area contributed by atoms with Gasteiger partial charge in [0.15, 0.2) is 11.6 Å². The average Bonchev–Trinajstić information content (AvgIpc) is 2.69. The second-order valence-corrected chi connectivity index (χ2v) is 8.76. The highest BCUT2D eigenvalue weighted by molar-refractivity contribution is 5.89. The van der Waals surface area contributed by atoms with Gasteiger partial charge in [-0.15, -0.1) is 0 Å². The van der Waals surface area contributed by atoms with Crippen molar-refractivity contribution in [3.63, 3.8) is 0 Å². The summed E-state index contributed by atoms with van der Waals surface area (Å²) >= 11 is 0. The third-order valence-corrected chi connectivity index (χ3v) is 7.07.